The second-order valence-corrected chi connectivity index (χ2v) is 3.41. The van der Waals surface area contributed by atoms with Crippen molar-refractivity contribution in [3.8, 4) is 0 Å². The lowest BCUT2D eigenvalue weighted by atomic mass is 10.5. The molecule has 4 heteroatoms. The zero-order valence-electron chi connectivity index (χ0n) is 6.44. The van der Waals surface area contributed by atoms with Gasteiger partial charge in [-0.25, -0.2) is 0 Å². The normalized spacial score (nSPS) is 11.4. The molecule has 0 rings (SSSR count). The molecule has 0 fully saturated rings. The van der Waals surface area contributed by atoms with Crippen LogP contribution in [0.4, 0.5) is 0 Å². The molecule has 62 valence electrons. The Kier molecular flexibility index (Phi) is 9.83. The van der Waals surface area contributed by atoms with E-state index in [0.29, 0.717) is 5.88 Å². The minimum atomic E-state index is -0.679. The quantitative estimate of drug-likeness (QED) is 0.333. The van der Waals surface area contributed by atoms with Crippen LogP contribution >= 0.6 is 11.6 Å². The maximum absolute atomic E-state index is 5.44. The van der Waals surface area contributed by atoms with Crippen LogP contribution < -0.4 is 0 Å². The van der Waals surface area contributed by atoms with Crippen molar-refractivity contribution in [1.29, 1.82) is 0 Å². The molecule has 0 bridgehead atoms. The third-order valence-corrected chi connectivity index (χ3v) is 2.12. The van der Waals surface area contributed by atoms with Crippen LogP contribution in [0.15, 0.2) is 0 Å². The molecule has 0 aromatic rings. The lowest BCUT2D eigenvalue weighted by molar-refractivity contribution is 0.222. The number of halogens is 1. The summed E-state index contributed by atoms with van der Waals surface area (Å²) in [6, 6.07) is 0. The summed E-state index contributed by atoms with van der Waals surface area (Å²) in [6.45, 7) is 3.69. The third kappa shape index (κ3) is 8.43. The maximum atomic E-state index is 5.44. The summed E-state index contributed by atoms with van der Waals surface area (Å²) in [7, 11) is -0.679. The van der Waals surface area contributed by atoms with Crippen LogP contribution in [0.1, 0.15) is 19.8 Å². The van der Waals surface area contributed by atoms with Crippen LogP contribution in [-0.2, 0) is 8.85 Å². The average Bonchev–Trinajstić information content (AvgIpc) is 1.97. The van der Waals surface area contributed by atoms with Crippen molar-refractivity contribution in [3.05, 3.63) is 0 Å². The van der Waals surface area contributed by atoms with Gasteiger partial charge in [0.25, 0.3) is 0 Å². The predicted molar refractivity (Wildman–Crippen MR) is 46.1 cm³/mol. The molecular formula is C6H15ClO2Si. The van der Waals surface area contributed by atoms with Crippen molar-refractivity contribution in [1.82, 2.24) is 0 Å². The minimum Gasteiger partial charge on any atom is -0.399 e. The van der Waals surface area contributed by atoms with E-state index in [1.165, 1.54) is 0 Å². The number of rotatable bonds is 7. The monoisotopic (exact) mass is 182 g/mol. The molecule has 0 saturated carbocycles. The van der Waals surface area contributed by atoms with Gasteiger partial charge in [0.15, 0.2) is 0 Å². The highest BCUT2D eigenvalue weighted by Gasteiger charge is 1.87. The van der Waals surface area contributed by atoms with E-state index in [2.05, 4.69) is 6.92 Å². The molecule has 0 aliphatic rings. The van der Waals surface area contributed by atoms with Crippen LogP contribution in [0.5, 0.6) is 0 Å². The standard InChI is InChI=1S/C6H15ClO2Si/c1-2-5-8-10-9-6-3-4-7/h2-6,10H2,1H3. The van der Waals surface area contributed by atoms with Crippen molar-refractivity contribution in [2.45, 2.75) is 19.8 Å². The van der Waals surface area contributed by atoms with E-state index < -0.39 is 10.0 Å². The minimum absolute atomic E-state index is 0.679. The topological polar surface area (TPSA) is 18.5 Å². The van der Waals surface area contributed by atoms with E-state index in [1.807, 2.05) is 0 Å². The van der Waals surface area contributed by atoms with Crippen molar-refractivity contribution < 1.29 is 8.85 Å². The fourth-order valence-corrected chi connectivity index (χ4v) is 1.43. The Balaban J connectivity index is 2.65. The fourth-order valence-electron chi connectivity index (χ4n) is 0.478. The average molecular weight is 183 g/mol. The summed E-state index contributed by atoms with van der Waals surface area (Å²) in [5.74, 6) is 0.683. The number of hydrogen-bond donors (Lipinski definition) is 0. The molecule has 0 spiro atoms. The Bertz CT molecular complexity index is 55.7. The van der Waals surface area contributed by atoms with E-state index in [4.69, 9.17) is 20.5 Å². The molecule has 0 aromatic heterocycles. The van der Waals surface area contributed by atoms with Crippen LogP contribution in [0, 0.1) is 0 Å². The Morgan fingerprint density at radius 1 is 1.30 bits per heavy atom. The van der Waals surface area contributed by atoms with Gasteiger partial charge < -0.3 is 8.85 Å². The van der Waals surface area contributed by atoms with Crippen molar-refractivity contribution in [2.24, 2.45) is 0 Å². The van der Waals surface area contributed by atoms with Crippen LogP contribution in [-0.4, -0.2) is 29.1 Å². The molecule has 0 amide bonds. The summed E-state index contributed by atoms with van der Waals surface area (Å²) in [5, 5.41) is 0. The molecule has 2 nitrogen and oxygen atoms in total. The number of hydrogen-bond acceptors (Lipinski definition) is 2. The second kappa shape index (κ2) is 9.43. The molecule has 10 heavy (non-hydrogen) atoms. The van der Waals surface area contributed by atoms with Crippen molar-refractivity contribution >= 4 is 21.6 Å². The highest BCUT2D eigenvalue weighted by Crippen LogP contribution is 1.85. The molecule has 0 unspecified atom stereocenters. The summed E-state index contributed by atoms with van der Waals surface area (Å²) in [5.41, 5.74) is 0. The first-order valence-electron chi connectivity index (χ1n) is 3.63. The summed E-state index contributed by atoms with van der Waals surface area (Å²) < 4.78 is 10.4. The number of alkyl halides is 1. The van der Waals surface area contributed by atoms with Gasteiger partial charge in [0.1, 0.15) is 0 Å². The van der Waals surface area contributed by atoms with Crippen molar-refractivity contribution in [2.75, 3.05) is 19.1 Å². The molecule has 0 heterocycles. The van der Waals surface area contributed by atoms with E-state index in [9.17, 15) is 0 Å². The summed E-state index contributed by atoms with van der Waals surface area (Å²) >= 11 is 5.44. The molecule has 0 aliphatic carbocycles. The summed E-state index contributed by atoms with van der Waals surface area (Å²) in [4.78, 5) is 0. The molecule has 0 radical (unpaired) electrons. The van der Waals surface area contributed by atoms with Crippen molar-refractivity contribution in [3.63, 3.8) is 0 Å². The van der Waals surface area contributed by atoms with Gasteiger partial charge >= 0.3 is 10.0 Å². The predicted octanol–water partition coefficient (Wildman–Crippen LogP) is 1.06. The van der Waals surface area contributed by atoms with Crippen LogP contribution in [0.25, 0.3) is 0 Å². The Hall–Kier alpha value is 0.427. The zero-order chi connectivity index (χ0) is 7.66. The van der Waals surface area contributed by atoms with Gasteiger partial charge in [-0.3, -0.25) is 0 Å². The Labute approximate surface area is 69.9 Å². The van der Waals surface area contributed by atoms with Gasteiger partial charge in [-0.05, 0) is 12.8 Å². The smallest absolute Gasteiger partial charge is 0.304 e. The van der Waals surface area contributed by atoms with Crippen LogP contribution in [0.3, 0.4) is 0 Å². The highest BCUT2D eigenvalue weighted by atomic mass is 35.5. The molecule has 0 N–H and O–H groups in total. The van der Waals surface area contributed by atoms with Gasteiger partial charge in [0.05, 0.1) is 0 Å². The Morgan fingerprint density at radius 2 is 2.00 bits per heavy atom. The van der Waals surface area contributed by atoms with E-state index >= 15 is 0 Å². The zero-order valence-corrected chi connectivity index (χ0v) is 8.61. The third-order valence-electron chi connectivity index (χ3n) is 0.937. The molecule has 0 aliphatic heterocycles. The molecular weight excluding hydrogens is 168 g/mol. The van der Waals surface area contributed by atoms with Crippen LogP contribution in [0.2, 0.25) is 0 Å². The lowest BCUT2D eigenvalue weighted by Crippen LogP contribution is -2.06. The largest absolute Gasteiger partial charge is 0.399 e. The van der Waals surface area contributed by atoms with Gasteiger partial charge in [0.2, 0.25) is 0 Å². The van der Waals surface area contributed by atoms with Gasteiger partial charge in [0, 0.05) is 19.1 Å². The lowest BCUT2D eigenvalue weighted by Gasteiger charge is -2.01. The van der Waals surface area contributed by atoms with E-state index in [1.54, 1.807) is 0 Å². The first-order valence-corrected chi connectivity index (χ1v) is 5.32. The second-order valence-electron chi connectivity index (χ2n) is 1.98. The highest BCUT2D eigenvalue weighted by molar-refractivity contribution is 6.18. The van der Waals surface area contributed by atoms with E-state index in [-0.39, 0.29) is 0 Å². The fraction of sp³-hybridized carbons (Fsp3) is 1.00. The molecule has 0 aromatic carbocycles. The SMILES string of the molecule is CCCO[SiH2]OCCCCl. The Morgan fingerprint density at radius 3 is 2.60 bits per heavy atom. The molecule has 0 saturated heterocycles. The first kappa shape index (κ1) is 10.4. The van der Waals surface area contributed by atoms with Gasteiger partial charge in [-0.1, -0.05) is 6.92 Å². The van der Waals surface area contributed by atoms with Gasteiger partial charge in [-0.2, -0.15) is 0 Å². The van der Waals surface area contributed by atoms with E-state index in [0.717, 1.165) is 26.1 Å². The molecule has 0 atom stereocenters. The maximum Gasteiger partial charge on any atom is 0.304 e. The van der Waals surface area contributed by atoms with Gasteiger partial charge in [-0.15, -0.1) is 11.6 Å². The summed E-state index contributed by atoms with van der Waals surface area (Å²) in [6.07, 6.45) is 2.01. The first-order chi connectivity index (χ1) is 4.91.